The van der Waals surface area contributed by atoms with Gasteiger partial charge in [-0.15, -0.1) is 0 Å². The summed E-state index contributed by atoms with van der Waals surface area (Å²) < 4.78 is 39.0. The Balaban J connectivity index is 1.89. The number of aromatic nitrogens is 5. The van der Waals surface area contributed by atoms with Gasteiger partial charge in [-0.25, -0.2) is 9.49 Å². The van der Waals surface area contributed by atoms with E-state index in [2.05, 4.69) is 35.8 Å². The summed E-state index contributed by atoms with van der Waals surface area (Å²) in [4.78, 5) is 12.1. The highest BCUT2D eigenvalue weighted by atomic mass is 19.1. The zero-order valence-corrected chi connectivity index (χ0v) is 18.2. The zero-order valence-electron chi connectivity index (χ0n) is 18.2. The average molecular weight is 465 g/mol. The van der Waals surface area contributed by atoms with Gasteiger partial charge < -0.3 is 30.3 Å². The Morgan fingerprint density at radius 2 is 1.85 bits per heavy atom. The summed E-state index contributed by atoms with van der Waals surface area (Å²) in [5.74, 6) is -1.69. The number of pyridine rings is 1. The van der Waals surface area contributed by atoms with Gasteiger partial charge in [0, 0.05) is 6.07 Å². The molecule has 0 fully saturated rings. The van der Waals surface area contributed by atoms with Crippen molar-refractivity contribution in [2.24, 2.45) is 0 Å². The molecule has 5 N–H and O–H groups in total. The third kappa shape index (κ3) is 6.46. The van der Waals surface area contributed by atoms with E-state index < -0.39 is 42.9 Å². The minimum atomic E-state index is -1.09. The van der Waals surface area contributed by atoms with Crippen LogP contribution in [0.5, 0.6) is 11.8 Å². The van der Waals surface area contributed by atoms with E-state index in [1.807, 2.05) is 13.8 Å². The first kappa shape index (κ1) is 24.1. The van der Waals surface area contributed by atoms with Crippen molar-refractivity contribution in [3.8, 4) is 11.8 Å². The van der Waals surface area contributed by atoms with Gasteiger partial charge in [-0.05, 0) is 32.9 Å². The molecule has 178 valence electrons. The summed E-state index contributed by atoms with van der Waals surface area (Å²) in [5.41, 5.74) is 0.493. The van der Waals surface area contributed by atoms with E-state index >= 15 is 4.39 Å². The minimum Gasteiger partial charge on any atom is -0.475 e. The second-order valence-corrected chi connectivity index (χ2v) is 7.30. The van der Waals surface area contributed by atoms with Gasteiger partial charge in [0.05, 0.1) is 37.3 Å². The van der Waals surface area contributed by atoms with Gasteiger partial charge >= 0.3 is 0 Å². The number of aliphatic hydroxyl groups is 2. The summed E-state index contributed by atoms with van der Waals surface area (Å²) in [6, 6.07) is 3.79. The molecule has 0 aliphatic rings. The molecule has 0 unspecified atom stereocenters. The molecule has 0 amide bonds. The molecule has 13 heteroatoms. The molecule has 0 aliphatic carbocycles. The molecule has 11 nitrogen and oxygen atoms in total. The Labute approximate surface area is 188 Å². The number of hydrogen-bond acceptors (Lipinski definition) is 10. The molecule has 33 heavy (non-hydrogen) atoms. The van der Waals surface area contributed by atoms with Crippen LogP contribution in [0, 0.1) is 11.6 Å². The van der Waals surface area contributed by atoms with Crippen molar-refractivity contribution in [1.29, 1.82) is 0 Å². The second kappa shape index (κ2) is 10.8. The standard InChI is InChI=1S/C20H25F2N7O4/c1-10(2)32-16-6-15(28-29-16)25-18-17(22)19(33-13(8-30)9-31)27-20(26-18)24-11(3)14-5-4-12(21)7-23-14/h4-7,10-11,13,30-31H,8-9H2,1-3H3,(H3,24,25,26,27,28,29)/t11-/m0/s1. The summed E-state index contributed by atoms with van der Waals surface area (Å²) in [6.07, 6.45) is -0.120. The van der Waals surface area contributed by atoms with Gasteiger partial charge in [-0.3, -0.25) is 4.98 Å². The fraction of sp³-hybridized carbons (Fsp3) is 0.400. The number of rotatable bonds is 11. The van der Waals surface area contributed by atoms with Crippen LogP contribution in [0.25, 0.3) is 0 Å². The van der Waals surface area contributed by atoms with Crippen molar-refractivity contribution < 1.29 is 28.5 Å². The molecule has 0 aliphatic heterocycles. The van der Waals surface area contributed by atoms with E-state index in [1.54, 1.807) is 6.92 Å². The lowest BCUT2D eigenvalue weighted by atomic mass is 10.2. The fourth-order valence-electron chi connectivity index (χ4n) is 2.66. The van der Waals surface area contributed by atoms with Crippen LogP contribution in [0.3, 0.4) is 0 Å². The Kier molecular flexibility index (Phi) is 7.90. The van der Waals surface area contributed by atoms with Crippen LogP contribution in [-0.4, -0.2) is 60.8 Å². The van der Waals surface area contributed by atoms with Crippen LogP contribution in [-0.2, 0) is 0 Å². The molecule has 0 aromatic carbocycles. The second-order valence-electron chi connectivity index (χ2n) is 7.30. The predicted octanol–water partition coefficient (Wildman–Crippen LogP) is 2.31. The van der Waals surface area contributed by atoms with E-state index in [0.717, 1.165) is 6.20 Å². The van der Waals surface area contributed by atoms with E-state index in [0.29, 0.717) is 11.6 Å². The first-order chi connectivity index (χ1) is 15.8. The maximum Gasteiger partial charge on any atom is 0.258 e. The molecule has 0 bridgehead atoms. The summed E-state index contributed by atoms with van der Waals surface area (Å²) >= 11 is 0. The minimum absolute atomic E-state index is 0.0451. The molecule has 0 saturated heterocycles. The number of aliphatic hydroxyl groups excluding tert-OH is 2. The van der Waals surface area contributed by atoms with Crippen LogP contribution in [0.1, 0.15) is 32.5 Å². The molecular formula is C20H25F2N7O4. The van der Waals surface area contributed by atoms with Gasteiger partial charge in [0.2, 0.25) is 17.6 Å². The summed E-state index contributed by atoms with van der Waals surface area (Å²) in [6.45, 7) is 4.30. The lowest BCUT2D eigenvalue weighted by molar-refractivity contribution is 0.0567. The highest BCUT2D eigenvalue weighted by Crippen LogP contribution is 2.28. The number of ether oxygens (including phenoxy) is 2. The molecule has 0 spiro atoms. The Hall–Kier alpha value is -3.58. The Bertz CT molecular complexity index is 1050. The molecule has 3 aromatic rings. The van der Waals surface area contributed by atoms with Gasteiger partial charge in [-0.1, -0.05) is 0 Å². The van der Waals surface area contributed by atoms with Crippen LogP contribution < -0.4 is 20.1 Å². The summed E-state index contributed by atoms with van der Waals surface area (Å²) in [7, 11) is 0. The predicted molar refractivity (Wildman–Crippen MR) is 114 cm³/mol. The molecule has 3 aromatic heterocycles. The number of hydrogen-bond donors (Lipinski definition) is 5. The Morgan fingerprint density at radius 1 is 1.09 bits per heavy atom. The van der Waals surface area contributed by atoms with Crippen molar-refractivity contribution in [3.05, 3.63) is 41.7 Å². The lowest BCUT2D eigenvalue weighted by Gasteiger charge is -2.18. The first-order valence-corrected chi connectivity index (χ1v) is 10.1. The molecular weight excluding hydrogens is 440 g/mol. The van der Waals surface area contributed by atoms with Gasteiger partial charge in [0.1, 0.15) is 11.9 Å². The maximum atomic E-state index is 15.1. The fourth-order valence-corrected chi connectivity index (χ4v) is 2.66. The normalized spacial score (nSPS) is 12.2. The van der Waals surface area contributed by atoms with Gasteiger partial charge in [-0.2, -0.15) is 19.5 Å². The average Bonchev–Trinajstić information content (AvgIpc) is 3.21. The summed E-state index contributed by atoms with van der Waals surface area (Å²) in [5, 5.41) is 30.9. The number of nitrogens with one attached hydrogen (secondary N) is 3. The largest absolute Gasteiger partial charge is 0.475 e. The van der Waals surface area contributed by atoms with E-state index in [-0.39, 0.29) is 23.7 Å². The van der Waals surface area contributed by atoms with E-state index in [1.165, 1.54) is 18.2 Å². The highest BCUT2D eigenvalue weighted by molar-refractivity contribution is 5.57. The molecule has 1 atom stereocenters. The van der Waals surface area contributed by atoms with Gasteiger partial charge in [0.25, 0.3) is 5.88 Å². The van der Waals surface area contributed by atoms with E-state index in [9.17, 15) is 14.6 Å². The van der Waals surface area contributed by atoms with Crippen molar-refractivity contribution in [2.45, 2.75) is 39.0 Å². The highest BCUT2D eigenvalue weighted by Gasteiger charge is 2.21. The third-order valence-electron chi connectivity index (χ3n) is 4.21. The monoisotopic (exact) mass is 465 g/mol. The topological polar surface area (TPSA) is 150 Å². The van der Waals surface area contributed by atoms with Crippen molar-refractivity contribution in [2.75, 3.05) is 23.8 Å². The Morgan fingerprint density at radius 3 is 2.48 bits per heavy atom. The smallest absolute Gasteiger partial charge is 0.258 e. The number of halogens is 2. The molecule has 3 rings (SSSR count). The number of H-pyrrole nitrogens is 1. The van der Waals surface area contributed by atoms with Crippen LogP contribution in [0.2, 0.25) is 0 Å². The maximum absolute atomic E-state index is 15.1. The number of aromatic amines is 1. The lowest BCUT2D eigenvalue weighted by Crippen LogP contribution is -2.26. The van der Waals surface area contributed by atoms with Crippen molar-refractivity contribution >= 4 is 17.6 Å². The quantitative estimate of drug-likeness (QED) is 0.285. The third-order valence-corrected chi connectivity index (χ3v) is 4.21. The number of anilines is 3. The van der Waals surface area contributed by atoms with E-state index in [4.69, 9.17) is 9.47 Å². The number of nitrogens with zero attached hydrogens (tertiary/aromatic N) is 4. The van der Waals surface area contributed by atoms with Gasteiger partial charge in [0.15, 0.2) is 11.6 Å². The van der Waals surface area contributed by atoms with Crippen molar-refractivity contribution in [3.63, 3.8) is 0 Å². The first-order valence-electron chi connectivity index (χ1n) is 10.1. The zero-order chi connectivity index (χ0) is 24.0. The molecule has 0 saturated carbocycles. The van der Waals surface area contributed by atoms with Crippen molar-refractivity contribution in [1.82, 2.24) is 25.1 Å². The SMILES string of the molecule is CC(C)Oc1cc(Nc2nc(N[C@@H](C)c3ccc(F)cn3)nc(OC(CO)CO)c2F)n[nH]1. The molecule has 0 radical (unpaired) electrons. The van der Waals surface area contributed by atoms with Crippen LogP contribution in [0.15, 0.2) is 24.4 Å². The molecule has 3 heterocycles. The van der Waals surface area contributed by atoms with Crippen LogP contribution >= 0.6 is 0 Å². The van der Waals surface area contributed by atoms with Crippen LogP contribution in [0.4, 0.5) is 26.4 Å².